The van der Waals surface area contributed by atoms with Crippen LogP contribution in [-0.2, 0) is 15.6 Å². The molecule has 0 saturated heterocycles. The third kappa shape index (κ3) is 2.85. The third-order valence-electron chi connectivity index (χ3n) is 2.24. The lowest BCUT2D eigenvalue weighted by Crippen LogP contribution is -2.05. The topological polar surface area (TPSA) is 60.2 Å². The van der Waals surface area contributed by atoms with E-state index in [0.29, 0.717) is 10.7 Å². The van der Waals surface area contributed by atoms with E-state index < -0.39 is 9.84 Å². The first-order valence-electron chi connectivity index (χ1n) is 4.98. The van der Waals surface area contributed by atoms with Crippen LogP contribution in [0.1, 0.15) is 11.5 Å². The average molecular weight is 306 g/mol. The molecule has 2 aromatic rings. The van der Waals surface area contributed by atoms with Gasteiger partial charge in [-0.25, -0.2) is 8.42 Å². The molecular weight excluding hydrogens is 297 g/mol. The molecule has 1 aromatic heterocycles. The molecule has 96 valence electrons. The van der Waals surface area contributed by atoms with E-state index >= 15 is 0 Å². The number of hydrogen-bond donors (Lipinski definition) is 0. The van der Waals surface area contributed by atoms with Crippen molar-refractivity contribution in [1.82, 2.24) is 5.16 Å². The van der Waals surface area contributed by atoms with Gasteiger partial charge in [0.1, 0.15) is 5.75 Å². The fourth-order valence-electron chi connectivity index (χ4n) is 1.46. The Labute approximate surface area is 114 Å². The first-order valence-corrected chi connectivity index (χ1v) is 7.39. The van der Waals surface area contributed by atoms with Crippen LogP contribution in [0.5, 0.6) is 0 Å². The van der Waals surface area contributed by atoms with E-state index in [1.165, 1.54) is 18.2 Å². The summed E-state index contributed by atoms with van der Waals surface area (Å²) in [5, 5.41) is 4.08. The van der Waals surface area contributed by atoms with Crippen LogP contribution in [0.15, 0.2) is 33.7 Å². The zero-order chi connectivity index (χ0) is 13.3. The summed E-state index contributed by atoms with van der Waals surface area (Å²) >= 11 is 11.6. The van der Waals surface area contributed by atoms with Crippen LogP contribution in [-0.4, -0.2) is 13.6 Å². The van der Waals surface area contributed by atoms with Gasteiger partial charge in [0.25, 0.3) is 0 Å². The van der Waals surface area contributed by atoms with Crippen molar-refractivity contribution in [3.8, 4) is 0 Å². The summed E-state index contributed by atoms with van der Waals surface area (Å²) < 4.78 is 29.2. The van der Waals surface area contributed by atoms with Crippen LogP contribution in [0.3, 0.4) is 0 Å². The molecule has 18 heavy (non-hydrogen) atoms. The van der Waals surface area contributed by atoms with Crippen LogP contribution in [0.25, 0.3) is 0 Å². The molecule has 0 saturated carbocycles. The molecule has 0 fully saturated rings. The maximum absolute atomic E-state index is 12.2. The number of halogens is 2. The van der Waals surface area contributed by atoms with E-state index in [2.05, 4.69) is 5.16 Å². The molecule has 0 aliphatic heterocycles. The molecule has 1 aromatic carbocycles. The minimum absolute atomic E-state index is 0.00859. The lowest BCUT2D eigenvalue weighted by molar-refractivity contribution is 0.388. The van der Waals surface area contributed by atoms with Gasteiger partial charge in [0.05, 0.1) is 15.6 Å². The highest BCUT2D eigenvalue weighted by Gasteiger charge is 2.21. The second-order valence-electron chi connectivity index (χ2n) is 3.77. The van der Waals surface area contributed by atoms with E-state index in [0.717, 1.165) is 0 Å². The minimum atomic E-state index is -3.60. The maximum atomic E-state index is 12.2. The summed E-state index contributed by atoms with van der Waals surface area (Å²) in [6, 6.07) is 5.86. The second kappa shape index (κ2) is 4.91. The fraction of sp³-hybridized carbons (Fsp3) is 0.182. The largest absolute Gasteiger partial charge is 0.360 e. The molecular formula is C11H9Cl2NO3S. The van der Waals surface area contributed by atoms with Gasteiger partial charge in [-0.3, -0.25) is 0 Å². The Balaban J connectivity index is 2.39. The predicted molar refractivity (Wildman–Crippen MR) is 68.6 cm³/mol. The Kier molecular flexibility index (Phi) is 3.66. The monoisotopic (exact) mass is 305 g/mol. The minimum Gasteiger partial charge on any atom is -0.360 e. The number of nitrogens with zero attached hydrogens (tertiary/aromatic N) is 1. The van der Waals surface area contributed by atoms with E-state index in [1.807, 2.05) is 0 Å². The van der Waals surface area contributed by atoms with Crippen LogP contribution in [0.2, 0.25) is 10.0 Å². The van der Waals surface area contributed by atoms with E-state index in [1.54, 1.807) is 13.0 Å². The SMILES string of the molecule is Cc1cc(CS(=O)(=O)c2cc(Cl)ccc2Cl)on1. The predicted octanol–water partition coefficient (Wildman–Crippen LogP) is 3.26. The Hall–Kier alpha value is -1.04. The molecule has 0 atom stereocenters. The van der Waals surface area contributed by atoms with Gasteiger partial charge in [-0.2, -0.15) is 0 Å². The Morgan fingerprint density at radius 3 is 2.61 bits per heavy atom. The lowest BCUT2D eigenvalue weighted by Gasteiger charge is -2.05. The molecule has 0 bridgehead atoms. The Bertz CT molecular complexity index is 679. The maximum Gasteiger partial charge on any atom is 0.187 e. The van der Waals surface area contributed by atoms with Crippen molar-refractivity contribution in [1.29, 1.82) is 0 Å². The van der Waals surface area contributed by atoms with Crippen LogP contribution in [0, 0.1) is 6.92 Å². The standard InChI is InChI=1S/C11H9Cl2NO3S/c1-7-4-9(17-14-7)6-18(15,16)11-5-8(12)2-3-10(11)13/h2-5H,6H2,1H3. The fourth-order valence-corrected chi connectivity index (χ4v) is 3.51. The number of aryl methyl sites for hydroxylation is 1. The van der Waals surface area contributed by atoms with Gasteiger partial charge < -0.3 is 4.52 Å². The molecule has 7 heteroatoms. The second-order valence-corrected chi connectivity index (χ2v) is 6.57. The molecule has 2 rings (SSSR count). The Morgan fingerprint density at radius 2 is 2.00 bits per heavy atom. The van der Waals surface area contributed by atoms with E-state index in [4.69, 9.17) is 27.7 Å². The van der Waals surface area contributed by atoms with Gasteiger partial charge in [-0.05, 0) is 25.1 Å². The smallest absolute Gasteiger partial charge is 0.187 e. The highest BCUT2D eigenvalue weighted by atomic mass is 35.5. The van der Waals surface area contributed by atoms with Gasteiger partial charge in [-0.1, -0.05) is 28.4 Å². The van der Waals surface area contributed by atoms with Gasteiger partial charge in [0.2, 0.25) is 0 Å². The molecule has 0 aliphatic rings. The van der Waals surface area contributed by atoms with Crippen molar-refractivity contribution >= 4 is 33.0 Å². The molecule has 1 heterocycles. The van der Waals surface area contributed by atoms with Crippen LogP contribution in [0.4, 0.5) is 0 Å². The summed E-state index contributed by atoms with van der Waals surface area (Å²) in [6.07, 6.45) is 0. The molecule has 4 nitrogen and oxygen atoms in total. The summed E-state index contributed by atoms with van der Waals surface area (Å²) in [6.45, 7) is 1.71. The van der Waals surface area contributed by atoms with Crippen LogP contribution < -0.4 is 0 Å². The van der Waals surface area contributed by atoms with Crippen molar-refractivity contribution in [3.05, 3.63) is 45.8 Å². The van der Waals surface area contributed by atoms with Gasteiger partial charge >= 0.3 is 0 Å². The first-order chi connectivity index (χ1) is 8.38. The van der Waals surface area contributed by atoms with Crippen molar-refractivity contribution in [3.63, 3.8) is 0 Å². The molecule has 0 N–H and O–H groups in total. The van der Waals surface area contributed by atoms with Gasteiger partial charge in [0.15, 0.2) is 15.6 Å². The summed E-state index contributed by atoms with van der Waals surface area (Å²) in [4.78, 5) is -0.00859. The zero-order valence-corrected chi connectivity index (χ0v) is 11.7. The van der Waals surface area contributed by atoms with Crippen LogP contribution >= 0.6 is 23.2 Å². The van der Waals surface area contributed by atoms with Gasteiger partial charge in [0, 0.05) is 11.1 Å². The first kappa shape index (κ1) is 13.4. The highest BCUT2D eigenvalue weighted by Crippen LogP contribution is 2.27. The van der Waals surface area contributed by atoms with Gasteiger partial charge in [-0.15, -0.1) is 0 Å². The molecule has 0 unspecified atom stereocenters. The van der Waals surface area contributed by atoms with Crippen molar-refractivity contribution in [2.24, 2.45) is 0 Å². The number of benzene rings is 1. The number of hydrogen-bond acceptors (Lipinski definition) is 4. The molecule has 0 radical (unpaired) electrons. The molecule has 0 amide bonds. The van der Waals surface area contributed by atoms with E-state index in [-0.39, 0.29) is 21.4 Å². The Morgan fingerprint density at radius 1 is 1.28 bits per heavy atom. The van der Waals surface area contributed by atoms with Crippen molar-refractivity contribution in [2.75, 3.05) is 0 Å². The number of aromatic nitrogens is 1. The van der Waals surface area contributed by atoms with Crippen molar-refractivity contribution < 1.29 is 12.9 Å². The summed E-state index contributed by atoms with van der Waals surface area (Å²) in [5.74, 6) is -0.0305. The molecule has 0 spiro atoms. The summed E-state index contributed by atoms with van der Waals surface area (Å²) in [7, 11) is -3.60. The number of rotatable bonds is 3. The van der Waals surface area contributed by atoms with Crippen molar-refractivity contribution in [2.45, 2.75) is 17.6 Å². The highest BCUT2D eigenvalue weighted by molar-refractivity contribution is 7.90. The third-order valence-corrected chi connectivity index (χ3v) is 4.59. The van der Waals surface area contributed by atoms with E-state index in [9.17, 15) is 8.42 Å². The average Bonchev–Trinajstić information content (AvgIpc) is 2.66. The lowest BCUT2D eigenvalue weighted by atomic mass is 10.4. The normalized spacial score (nSPS) is 11.7. The quantitative estimate of drug-likeness (QED) is 0.873. The molecule has 0 aliphatic carbocycles. The summed E-state index contributed by atoms with van der Waals surface area (Å²) in [5.41, 5.74) is 0.623. The zero-order valence-electron chi connectivity index (χ0n) is 9.35. The number of sulfone groups is 1.